The molecule has 0 aliphatic carbocycles. The van der Waals surface area contributed by atoms with Gasteiger partial charge < -0.3 is 14.6 Å². The Morgan fingerprint density at radius 1 is 0.893 bits per heavy atom. The zero-order chi connectivity index (χ0) is 19.2. The molecule has 0 atom stereocenters. The summed E-state index contributed by atoms with van der Waals surface area (Å²) in [5.41, 5.74) is 4.12. The quantitative estimate of drug-likeness (QED) is 0.719. The summed E-state index contributed by atoms with van der Waals surface area (Å²) in [5, 5.41) is 3.06. The van der Waals surface area contributed by atoms with E-state index in [-0.39, 0.29) is 5.91 Å². The molecule has 3 aromatic rings. The van der Waals surface area contributed by atoms with Gasteiger partial charge in [0.2, 0.25) is 0 Å². The summed E-state index contributed by atoms with van der Waals surface area (Å²) in [7, 11) is 0. The van der Waals surface area contributed by atoms with Crippen molar-refractivity contribution in [3.63, 3.8) is 0 Å². The number of amides is 1. The Morgan fingerprint density at radius 2 is 1.57 bits per heavy atom. The van der Waals surface area contributed by atoms with Crippen LogP contribution in [-0.2, 0) is 17.8 Å². The van der Waals surface area contributed by atoms with Crippen molar-refractivity contribution in [3.8, 4) is 5.69 Å². The number of carbonyl (C=O) groups is 1. The van der Waals surface area contributed by atoms with Crippen LogP contribution in [0.15, 0.2) is 73.1 Å². The van der Waals surface area contributed by atoms with Crippen LogP contribution in [0.4, 0.5) is 0 Å². The van der Waals surface area contributed by atoms with Crippen LogP contribution in [0.25, 0.3) is 5.69 Å². The molecule has 1 fully saturated rings. The van der Waals surface area contributed by atoms with Crippen LogP contribution < -0.4 is 5.32 Å². The van der Waals surface area contributed by atoms with E-state index < -0.39 is 0 Å². The summed E-state index contributed by atoms with van der Waals surface area (Å²) in [4.78, 5) is 15.0. The van der Waals surface area contributed by atoms with Crippen molar-refractivity contribution in [2.24, 2.45) is 0 Å². The van der Waals surface area contributed by atoms with Crippen LogP contribution in [0.5, 0.6) is 0 Å². The number of nitrogens with zero attached hydrogens (tertiary/aromatic N) is 2. The second-order valence-electron chi connectivity index (χ2n) is 6.98. The van der Waals surface area contributed by atoms with E-state index in [9.17, 15) is 4.79 Å². The van der Waals surface area contributed by atoms with Crippen LogP contribution in [0.1, 0.15) is 21.5 Å². The first kappa shape index (κ1) is 18.5. The summed E-state index contributed by atoms with van der Waals surface area (Å²) in [6, 6.07) is 19.9. The van der Waals surface area contributed by atoms with Crippen molar-refractivity contribution in [2.45, 2.75) is 13.1 Å². The molecule has 1 aliphatic heterocycles. The zero-order valence-electron chi connectivity index (χ0n) is 15.9. The molecular formula is C23H25N3O2. The van der Waals surface area contributed by atoms with Gasteiger partial charge in [-0.2, -0.15) is 0 Å². The van der Waals surface area contributed by atoms with Crippen LogP contribution in [-0.4, -0.2) is 41.7 Å². The van der Waals surface area contributed by atoms with Crippen molar-refractivity contribution in [2.75, 3.05) is 26.3 Å². The van der Waals surface area contributed by atoms with E-state index in [4.69, 9.17) is 4.74 Å². The maximum absolute atomic E-state index is 12.6. The molecule has 1 aromatic heterocycles. The van der Waals surface area contributed by atoms with E-state index in [0.717, 1.165) is 44.1 Å². The van der Waals surface area contributed by atoms with E-state index in [2.05, 4.69) is 28.4 Å². The van der Waals surface area contributed by atoms with Gasteiger partial charge in [0, 0.05) is 49.8 Å². The number of morpholine rings is 1. The zero-order valence-corrected chi connectivity index (χ0v) is 15.9. The number of aromatic nitrogens is 1. The summed E-state index contributed by atoms with van der Waals surface area (Å²) in [6.07, 6.45) is 3.97. The molecule has 28 heavy (non-hydrogen) atoms. The molecule has 0 spiro atoms. The molecule has 0 saturated carbocycles. The lowest BCUT2D eigenvalue weighted by atomic mass is 10.1. The number of nitrogens with one attached hydrogen (secondary N) is 1. The molecule has 1 amide bonds. The highest BCUT2D eigenvalue weighted by atomic mass is 16.5. The molecule has 0 unspecified atom stereocenters. The number of benzene rings is 2. The third-order valence-electron chi connectivity index (χ3n) is 5.09. The van der Waals surface area contributed by atoms with Gasteiger partial charge in [-0.25, -0.2) is 0 Å². The average Bonchev–Trinajstić information content (AvgIpc) is 3.29. The highest BCUT2D eigenvalue weighted by Crippen LogP contribution is 2.14. The Bertz CT molecular complexity index is 898. The van der Waals surface area contributed by atoms with E-state index in [1.54, 1.807) is 0 Å². The Balaban J connectivity index is 1.38. The first-order valence-electron chi connectivity index (χ1n) is 9.68. The van der Waals surface area contributed by atoms with Crippen LogP contribution in [0.2, 0.25) is 0 Å². The van der Waals surface area contributed by atoms with Crippen LogP contribution in [0.3, 0.4) is 0 Å². The molecule has 5 heteroatoms. The van der Waals surface area contributed by atoms with Gasteiger partial charge >= 0.3 is 0 Å². The lowest BCUT2D eigenvalue weighted by Crippen LogP contribution is -2.36. The summed E-state index contributed by atoms with van der Waals surface area (Å²) < 4.78 is 7.44. The summed E-state index contributed by atoms with van der Waals surface area (Å²) in [6.45, 7) is 4.90. The average molecular weight is 375 g/mol. The number of carbonyl (C=O) groups excluding carboxylic acids is 1. The largest absolute Gasteiger partial charge is 0.379 e. The predicted molar refractivity (Wildman–Crippen MR) is 109 cm³/mol. The molecule has 1 N–H and O–H groups in total. The van der Waals surface area contributed by atoms with Crippen LogP contribution in [0, 0.1) is 0 Å². The monoisotopic (exact) mass is 375 g/mol. The fourth-order valence-electron chi connectivity index (χ4n) is 3.45. The summed E-state index contributed by atoms with van der Waals surface area (Å²) >= 11 is 0. The van der Waals surface area contributed by atoms with Crippen molar-refractivity contribution in [3.05, 3.63) is 89.7 Å². The third kappa shape index (κ3) is 4.50. The van der Waals surface area contributed by atoms with Gasteiger partial charge in [0.1, 0.15) is 0 Å². The molecule has 1 aliphatic rings. The van der Waals surface area contributed by atoms with E-state index in [1.165, 1.54) is 5.56 Å². The number of rotatable bonds is 6. The highest BCUT2D eigenvalue weighted by molar-refractivity contribution is 5.94. The maximum atomic E-state index is 12.6. The number of ether oxygens (including phenoxy) is 1. The smallest absolute Gasteiger partial charge is 0.251 e. The third-order valence-corrected chi connectivity index (χ3v) is 5.09. The van der Waals surface area contributed by atoms with E-state index >= 15 is 0 Å². The van der Waals surface area contributed by atoms with Gasteiger partial charge in [0.05, 0.1) is 13.2 Å². The van der Waals surface area contributed by atoms with Crippen molar-refractivity contribution >= 4 is 5.91 Å². The fourth-order valence-corrected chi connectivity index (χ4v) is 3.45. The minimum atomic E-state index is -0.0553. The Labute approximate surface area is 165 Å². The number of hydrogen-bond donors (Lipinski definition) is 1. The lowest BCUT2D eigenvalue weighted by molar-refractivity contribution is 0.0340. The maximum Gasteiger partial charge on any atom is 0.251 e. The van der Waals surface area contributed by atoms with Gasteiger partial charge in [0.15, 0.2) is 0 Å². The first-order chi connectivity index (χ1) is 13.8. The second kappa shape index (κ2) is 8.87. The molecular weight excluding hydrogens is 350 g/mol. The molecule has 4 rings (SSSR count). The fraction of sp³-hybridized carbons (Fsp3) is 0.261. The SMILES string of the molecule is O=C(NCc1ccccc1CN1CCOCC1)c1ccc(-n2cccc2)cc1. The Morgan fingerprint density at radius 3 is 2.29 bits per heavy atom. The van der Waals surface area contributed by atoms with Crippen molar-refractivity contribution < 1.29 is 9.53 Å². The van der Waals surface area contributed by atoms with Gasteiger partial charge in [-0.15, -0.1) is 0 Å². The molecule has 0 radical (unpaired) electrons. The predicted octanol–water partition coefficient (Wildman–Crippen LogP) is 3.24. The summed E-state index contributed by atoms with van der Waals surface area (Å²) in [5.74, 6) is -0.0553. The topological polar surface area (TPSA) is 46.5 Å². The Kier molecular flexibility index (Phi) is 5.85. The highest BCUT2D eigenvalue weighted by Gasteiger charge is 2.13. The lowest BCUT2D eigenvalue weighted by Gasteiger charge is -2.27. The van der Waals surface area contributed by atoms with Gasteiger partial charge in [-0.3, -0.25) is 9.69 Å². The molecule has 0 bridgehead atoms. The normalized spacial score (nSPS) is 14.7. The van der Waals surface area contributed by atoms with Crippen LogP contribution >= 0.6 is 0 Å². The molecule has 5 nitrogen and oxygen atoms in total. The first-order valence-corrected chi connectivity index (χ1v) is 9.68. The molecule has 144 valence electrons. The van der Waals surface area contributed by atoms with E-state index in [0.29, 0.717) is 12.1 Å². The standard InChI is InChI=1S/C23H25N3O2/c27-23(19-7-9-22(10-8-19)26-11-3-4-12-26)24-17-20-5-1-2-6-21(20)18-25-13-15-28-16-14-25/h1-12H,13-18H2,(H,24,27). The van der Waals surface area contributed by atoms with Crippen molar-refractivity contribution in [1.29, 1.82) is 0 Å². The molecule has 2 aromatic carbocycles. The number of hydrogen-bond acceptors (Lipinski definition) is 3. The van der Waals surface area contributed by atoms with Gasteiger partial charge in [0.25, 0.3) is 5.91 Å². The minimum Gasteiger partial charge on any atom is -0.379 e. The molecule has 2 heterocycles. The van der Waals surface area contributed by atoms with Gasteiger partial charge in [-0.05, 0) is 47.5 Å². The molecule has 1 saturated heterocycles. The van der Waals surface area contributed by atoms with Gasteiger partial charge in [-0.1, -0.05) is 24.3 Å². The minimum absolute atomic E-state index is 0.0553. The van der Waals surface area contributed by atoms with E-state index in [1.807, 2.05) is 59.4 Å². The second-order valence-corrected chi connectivity index (χ2v) is 6.98. The van der Waals surface area contributed by atoms with Crippen molar-refractivity contribution in [1.82, 2.24) is 14.8 Å². The Hall–Kier alpha value is -2.89.